The summed E-state index contributed by atoms with van der Waals surface area (Å²) in [6.45, 7) is 1.88. The van der Waals surface area contributed by atoms with Gasteiger partial charge >= 0.3 is 0 Å². The lowest BCUT2D eigenvalue weighted by molar-refractivity contribution is -0.143. The van der Waals surface area contributed by atoms with Crippen LogP contribution in [0.2, 0.25) is 0 Å². The molecule has 5 nitrogen and oxygen atoms in total. The fourth-order valence-electron chi connectivity index (χ4n) is 3.06. The Hall–Kier alpha value is -2.22. The number of thioether (sulfide) groups is 1. The molecule has 0 saturated carbocycles. The highest BCUT2D eigenvalue weighted by atomic mass is 32.2. The number of rotatable bonds is 6. The largest absolute Gasteiger partial charge is 0.383 e. The quantitative estimate of drug-likeness (QED) is 0.799. The minimum atomic E-state index is -1.21. The van der Waals surface area contributed by atoms with Crippen molar-refractivity contribution < 1.29 is 14.3 Å². The minimum absolute atomic E-state index is 0.372. The lowest BCUT2D eigenvalue weighted by Crippen LogP contribution is -2.45. The van der Waals surface area contributed by atoms with Crippen LogP contribution in [0.3, 0.4) is 0 Å². The lowest BCUT2D eigenvalue weighted by Gasteiger charge is -2.36. The Balaban J connectivity index is 2.11. The van der Waals surface area contributed by atoms with Crippen LogP contribution in [0, 0.1) is 5.82 Å². The monoisotopic (exact) mass is 387 g/mol. The molecule has 1 aliphatic heterocycles. The summed E-state index contributed by atoms with van der Waals surface area (Å²) in [6, 6.07) is 15.7. The van der Waals surface area contributed by atoms with Gasteiger partial charge in [0.15, 0.2) is 0 Å². The first-order valence-corrected chi connectivity index (χ1v) is 9.61. The van der Waals surface area contributed by atoms with Gasteiger partial charge in [-0.05, 0) is 44.0 Å². The second-order valence-corrected chi connectivity index (χ2v) is 7.65. The molecule has 0 spiro atoms. The predicted octanol–water partition coefficient (Wildman–Crippen LogP) is 3.04. The van der Waals surface area contributed by atoms with Crippen LogP contribution in [-0.4, -0.2) is 33.7 Å². The predicted molar refractivity (Wildman–Crippen MR) is 105 cm³/mol. The summed E-state index contributed by atoms with van der Waals surface area (Å²) in [5.41, 5.74) is 7.22. The number of aliphatic hydroxyl groups excluding tert-OH is 1. The molecule has 1 aliphatic rings. The topological polar surface area (TPSA) is 78.9 Å². The molecule has 0 aliphatic carbocycles. The molecule has 0 aromatic heterocycles. The maximum absolute atomic E-state index is 13.7. The van der Waals surface area contributed by atoms with Crippen LogP contribution in [0.4, 0.5) is 4.39 Å². The SMILES string of the molecule is CC(O)C(=O)N1N=C(c2cccc(F)c2)SC1(CCCN)c1ccccc1. The molecule has 2 aromatic carbocycles. The third-order valence-electron chi connectivity index (χ3n) is 4.38. The van der Waals surface area contributed by atoms with Gasteiger partial charge in [0.25, 0.3) is 5.91 Å². The van der Waals surface area contributed by atoms with Crippen molar-refractivity contribution in [3.05, 3.63) is 71.5 Å². The standard InChI is InChI=1S/C20H22FN3O2S/c1-14(25)19(26)24-20(11-6-12-22,16-8-3-2-4-9-16)27-18(23-24)15-7-5-10-17(21)13-15/h2-5,7-10,13-14,25H,6,11-12,22H2,1H3. The maximum atomic E-state index is 13.7. The van der Waals surface area contributed by atoms with Gasteiger partial charge in [-0.1, -0.05) is 54.2 Å². The van der Waals surface area contributed by atoms with Crippen LogP contribution < -0.4 is 5.73 Å². The third kappa shape index (κ3) is 3.90. The molecule has 0 saturated heterocycles. The Morgan fingerprint density at radius 2 is 2.04 bits per heavy atom. The van der Waals surface area contributed by atoms with Crippen LogP contribution in [0.25, 0.3) is 0 Å². The molecule has 0 radical (unpaired) electrons. The Bertz CT molecular complexity index is 844. The van der Waals surface area contributed by atoms with E-state index in [9.17, 15) is 14.3 Å². The second-order valence-electron chi connectivity index (χ2n) is 6.39. The van der Waals surface area contributed by atoms with Crippen molar-refractivity contribution in [1.82, 2.24) is 5.01 Å². The summed E-state index contributed by atoms with van der Waals surface area (Å²) in [4.78, 5) is 12.0. The number of benzene rings is 2. The molecule has 1 heterocycles. The minimum Gasteiger partial charge on any atom is -0.383 e. The van der Waals surface area contributed by atoms with Crippen LogP contribution in [0.1, 0.15) is 30.9 Å². The molecule has 2 unspecified atom stereocenters. The molecule has 0 fully saturated rings. The number of amides is 1. The number of carbonyl (C=O) groups excluding carboxylic acids is 1. The number of hydrogen-bond donors (Lipinski definition) is 2. The van der Waals surface area contributed by atoms with E-state index in [0.29, 0.717) is 30.0 Å². The number of hydrogen-bond acceptors (Lipinski definition) is 5. The zero-order valence-electron chi connectivity index (χ0n) is 15.0. The Kier molecular flexibility index (Phi) is 5.94. The summed E-state index contributed by atoms with van der Waals surface area (Å²) < 4.78 is 13.7. The first-order chi connectivity index (χ1) is 13.0. The molecule has 27 heavy (non-hydrogen) atoms. The molecule has 0 bridgehead atoms. The van der Waals surface area contributed by atoms with Crippen molar-refractivity contribution in [2.75, 3.05) is 6.54 Å². The average molecular weight is 387 g/mol. The lowest BCUT2D eigenvalue weighted by atomic mass is 10.00. The van der Waals surface area contributed by atoms with Crippen LogP contribution in [0.15, 0.2) is 59.7 Å². The molecule has 7 heteroatoms. The summed E-state index contributed by atoms with van der Waals surface area (Å²) >= 11 is 1.39. The number of aliphatic hydroxyl groups is 1. The van der Waals surface area contributed by atoms with Crippen molar-refractivity contribution in [2.24, 2.45) is 10.8 Å². The molecule has 3 N–H and O–H groups in total. The van der Waals surface area contributed by atoms with Gasteiger partial charge in [-0.25, -0.2) is 9.40 Å². The van der Waals surface area contributed by atoms with E-state index in [1.165, 1.54) is 35.8 Å². The van der Waals surface area contributed by atoms with Gasteiger partial charge in [0.1, 0.15) is 21.8 Å². The number of carbonyl (C=O) groups is 1. The van der Waals surface area contributed by atoms with E-state index in [4.69, 9.17) is 5.73 Å². The van der Waals surface area contributed by atoms with E-state index < -0.39 is 16.9 Å². The molecule has 1 amide bonds. The van der Waals surface area contributed by atoms with Gasteiger partial charge in [0.2, 0.25) is 0 Å². The fraction of sp³-hybridized carbons (Fsp3) is 0.300. The number of nitrogens with zero attached hydrogens (tertiary/aromatic N) is 2. The molecule has 2 atom stereocenters. The van der Waals surface area contributed by atoms with Gasteiger partial charge in [0.05, 0.1) is 0 Å². The van der Waals surface area contributed by atoms with Gasteiger partial charge < -0.3 is 10.8 Å². The van der Waals surface area contributed by atoms with E-state index in [1.54, 1.807) is 12.1 Å². The third-order valence-corrected chi connectivity index (χ3v) is 5.84. The Morgan fingerprint density at radius 3 is 2.67 bits per heavy atom. The zero-order chi connectivity index (χ0) is 19.4. The summed E-state index contributed by atoms with van der Waals surface area (Å²) in [5.74, 6) is -0.877. The first kappa shape index (κ1) is 19.5. The van der Waals surface area contributed by atoms with E-state index in [0.717, 1.165) is 5.56 Å². The summed E-state index contributed by atoms with van der Waals surface area (Å²) in [7, 11) is 0. The van der Waals surface area contributed by atoms with E-state index in [-0.39, 0.29) is 5.82 Å². The Labute approximate surface area is 162 Å². The van der Waals surface area contributed by atoms with E-state index >= 15 is 0 Å². The molecule has 2 aromatic rings. The van der Waals surface area contributed by atoms with Crippen molar-refractivity contribution >= 4 is 22.7 Å². The molecular formula is C20H22FN3O2S. The van der Waals surface area contributed by atoms with E-state index in [2.05, 4.69) is 5.10 Å². The average Bonchev–Trinajstić information content (AvgIpc) is 3.07. The summed E-state index contributed by atoms with van der Waals surface area (Å²) in [6.07, 6.45) is 0.0123. The normalized spacial score (nSPS) is 20.4. The van der Waals surface area contributed by atoms with Crippen molar-refractivity contribution in [1.29, 1.82) is 0 Å². The molecule has 142 valence electrons. The van der Waals surface area contributed by atoms with Gasteiger partial charge in [0, 0.05) is 5.56 Å². The van der Waals surface area contributed by atoms with Crippen molar-refractivity contribution in [2.45, 2.75) is 30.7 Å². The first-order valence-electron chi connectivity index (χ1n) is 8.79. The smallest absolute Gasteiger partial charge is 0.272 e. The highest BCUT2D eigenvalue weighted by Gasteiger charge is 2.48. The highest BCUT2D eigenvalue weighted by molar-refractivity contribution is 8.15. The van der Waals surface area contributed by atoms with Gasteiger partial charge in [-0.2, -0.15) is 5.10 Å². The number of nitrogens with two attached hydrogens (primary N) is 1. The number of halogens is 1. The van der Waals surface area contributed by atoms with Gasteiger partial charge in [-0.15, -0.1) is 0 Å². The highest BCUT2D eigenvalue weighted by Crippen LogP contribution is 2.50. The van der Waals surface area contributed by atoms with Crippen molar-refractivity contribution in [3.8, 4) is 0 Å². The maximum Gasteiger partial charge on any atom is 0.272 e. The van der Waals surface area contributed by atoms with Gasteiger partial charge in [-0.3, -0.25) is 4.79 Å². The second kappa shape index (κ2) is 8.21. The zero-order valence-corrected chi connectivity index (χ0v) is 15.8. The van der Waals surface area contributed by atoms with Crippen LogP contribution in [-0.2, 0) is 9.67 Å². The summed E-state index contributed by atoms with van der Waals surface area (Å²) in [5, 5.41) is 16.3. The Morgan fingerprint density at radius 1 is 1.30 bits per heavy atom. The van der Waals surface area contributed by atoms with Crippen LogP contribution in [0.5, 0.6) is 0 Å². The molecular weight excluding hydrogens is 365 g/mol. The molecule has 3 rings (SSSR count). The van der Waals surface area contributed by atoms with E-state index in [1.807, 2.05) is 30.3 Å². The van der Waals surface area contributed by atoms with Crippen molar-refractivity contribution in [3.63, 3.8) is 0 Å². The number of hydrazone groups is 1. The fourth-order valence-corrected chi connectivity index (χ4v) is 4.47. The van der Waals surface area contributed by atoms with Crippen LogP contribution >= 0.6 is 11.8 Å².